The first-order valence-corrected chi connectivity index (χ1v) is 11.0. The SMILES string of the molecule is COc1ccc(-c2nnc(SCc3ccc(Cl)s3)n2CC2CCCO2)cc1. The molecule has 3 heterocycles. The minimum Gasteiger partial charge on any atom is -0.497 e. The van der Waals surface area contributed by atoms with Crippen LogP contribution in [0.3, 0.4) is 0 Å². The predicted molar refractivity (Wildman–Crippen MR) is 110 cm³/mol. The molecule has 1 aromatic carbocycles. The van der Waals surface area contributed by atoms with Crippen molar-refractivity contribution in [2.75, 3.05) is 13.7 Å². The van der Waals surface area contributed by atoms with Crippen molar-refractivity contribution in [2.24, 2.45) is 0 Å². The quantitative estimate of drug-likeness (QED) is 0.494. The van der Waals surface area contributed by atoms with Crippen LogP contribution in [0.1, 0.15) is 17.7 Å². The van der Waals surface area contributed by atoms with E-state index in [4.69, 9.17) is 21.1 Å². The first-order chi connectivity index (χ1) is 13.2. The van der Waals surface area contributed by atoms with Crippen molar-refractivity contribution in [3.63, 3.8) is 0 Å². The van der Waals surface area contributed by atoms with Crippen molar-refractivity contribution in [3.05, 3.63) is 45.6 Å². The van der Waals surface area contributed by atoms with Gasteiger partial charge in [0, 0.05) is 22.8 Å². The number of hydrogen-bond acceptors (Lipinski definition) is 6. The smallest absolute Gasteiger partial charge is 0.191 e. The summed E-state index contributed by atoms with van der Waals surface area (Å²) in [5, 5.41) is 9.84. The van der Waals surface area contributed by atoms with Gasteiger partial charge < -0.3 is 9.47 Å². The van der Waals surface area contributed by atoms with Gasteiger partial charge in [0.1, 0.15) is 5.75 Å². The van der Waals surface area contributed by atoms with E-state index in [9.17, 15) is 0 Å². The van der Waals surface area contributed by atoms with E-state index >= 15 is 0 Å². The van der Waals surface area contributed by atoms with Gasteiger partial charge in [-0.2, -0.15) is 0 Å². The Hall–Kier alpha value is -1.54. The minimum absolute atomic E-state index is 0.216. The van der Waals surface area contributed by atoms with E-state index in [1.807, 2.05) is 30.3 Å². The lowest BCUT2D eigenvalue weighted by molar-refractivity contribution is 0.0953. The summed E-state index contributed by atoms with van der Waals surface area (Å²) in [6.45, 7) is 1.60. The number of ether oxygens (including phenoxy) is 2. The zero-order valence-corrected chi connectivity index (χ0v) is 17.3. The molecule has 0 spiro atoms. The topological polar surface area (TPSA) is 49.2 Å². The van der Waals surface area contributed by atoms with E-state index in [0.717, 1.165) is 58.4 Å². The lowest BCUT2D eigenvalue weighted by Crippen LogP contribution is -2.16. The number of aromatic nitrogens is 3. The lowest BCUT2D eigenvalue weighted by Gasteiger charge is -2.14. The summed E-state index contributed by atoms with van der Waals surface area (Å²) in [7, 11) is 1.67. The Bertz CT molecular complexity index is 889. The van der Waals surface area contributed by atoms with Gasteiger partial charge in [-0.15, -0.1) is 21.5 Å². The van der Waals surface area contributed by atoms with Crippen LogP contribution in [0.4, 0.5) is 0 Å². The van der Waals surface area contributed by atoms with E-state index in [-0.39, 0.29) is 6.10 Å². The molecule has 2 aromatic heterocycles. The van der Waals surface area contributed by atoms with Gasteiger partial charge in [-0.25, -0.2) is 0 Å². The van der Waals surface area contributed by atoms with Crippen LogP contribution >= 0.6 is 34.7 Å². The van der Waals surface area contributed by atoms with Gasteiger partial charge in [0.25, 0.3) is 0 Å². The molecule has 27 heavy (non-hydrogen) atoms. The van der Waals surface area contributed by atoms with Gasteiger partial charge in [0.05, 0.1) is 24.1 Å². The Kier molecular flexibility index (Phi) is 6.02. The van der Waals surface area contributed by atoms with E-state index in [1.165, 1.54) is 4.88 Å². The summed E-state index contributed by atoms with van der Waals surface area (Å²) in [4.78, 5) is 1.22. The van der Waals surface area contributed by atoms with Gasteiger partial charge in [-0.05, 0) is 49.2 Å². The molecule has 0 aliphatic carbocycles. The van der Waals surface area contributed by atoms with Crippen molar-refractivity contribution in [3.8, 4) is 17.1 Å². The number of halogens is 1. The van der Waals surface area contributed by atoms with E-state index in [2.05, 4.69) is 20.8 Å². The Morgan fingerprint density at radius 3 is 2.78 bits per heavy atom. The molecule has 0 radical (unpaired) electrons. The van der Waals surface area contributed by atoms with E-state index < -0.39 is 0 Å². The highest BCUT2D eigenvalue weighted by Gasteiger charge is 2.22. The number of methoxy groups -OCH3 is 1. The molecule has 8 heteroatoms. The molecule has 0 amide bonds. The van der Waals surface area contributed by atoms with E-state index in [0.29, 0.717) is 0 Å². The Morgan fingerprint density at radius 2 is 2.11 bits per heavy atom. The number of benzene rings is 1. The molecule has 142 valence electrons. The fraction of sp³-hybridized carbons (Fsp3) is 0.368. The maximum Gasteiger partial charge on any atom is 0.191 e. The molecule has 1 unspecified atom stereocenters. The molecule has 1 aliphatic heterocycles. The second kappa shape index (κ2) is 8.65. The number of thioether (sulfide) groups is 1. The summed E-state index contributed by atoms with van der Waals surface area (Å²) in [5.41, 5.74) is 1.02. The molecule has 1 fully saturated rings. The van der Waals surface area contributed by atoms with Gasteiger partial charge in [0.15, 0.2) is 11.0 Å². The van der Waals surface area contributed by atoms with Crippen LogP contribution in [0, 0.1) is 0 Å². The Labute approximate surface area is 171 Å². The highest BCUT2D eigenvalue weighted by molar-refractivity contribution is 7.98. The summed E-state index contributed by atoms with van der Waals surface area (Å²) >= 11 is 9.33. The molecule has 1 saturated heterocycles. The normalized spacial score (nSPS) is 16.7. The Morgan fingerprint density at radius 1 is 1.26 bits per heavy atom. The lowest BCUT2D eigenvalue weighted by atomic mass is 10.2. The van der Waals surface area contributed by atoms with Crippen LogP contribution in [0.5, 0.6) is 5.75 Å². The first-order valence-electron chi connectivity index (χ1n) is 8.79. The zero-order valence-electron chi connectivity index (χ0n) is 14.9. The molecule has 4 rings (SSSR count). The summed E-state index contributed by atoms with van der Waals surface area (Å²) in [6.07, 6.45) is 2.40. The van der Waals surface area contributed by atoms with Gasteiger partial charge >= 0.3 is 0 Å². The second-order valence-corrected chi connectivity index (χ2v) is 9.02. The van der Waals surface area contributed by atoms with Crippen LogP contribution in [0.25, 0.3) is 11.4 Å². The van der Waals surface area contributed by atoms with Crippen LogP contribution in [-0.4, -0.2) is 34.6 Å². The third-order valence-corrected chi connectivity index (χ3v) is 6.88. The Balaban J connectivity index is 1.60. The molecule has 0 saturated carbocycles. The fourth-order valence-corrected chi connectivity index (χ4v) is 5.15. The van der Waals surface area contributed by atoms with Crippen molar-refractivity contribution < 1.29 is 9.47 Å². The number of nitrogens with zero attached hydrogens (tertiary/aromatic N) is 3. The van der Waals surface area contributed by atoms with Crippen LogP contribution < -0.4 is 4.74 Å². The molecule has 1 aliphatic rings. The average Bonchev–Trinajstić information content (AvgIpc) is 3.43. The maximum atomic E-state index is 6.04. The molecule has 0 N–H and O–H groups in total. The third-order valence-electron chi connectivity index (χ3n) is 4.45. The van der Waals surface area contributed by atoms with Gasteiger partial charge in [-0.3, -0.25) is 4.57 Å². The minimum atomic E-state index is 0.216. The van der Waals surface area contributed by atoms with Gasteiger partial charge in [0.2, 0.25) is 0 Å². The standard InChI is InChI=1S/C19H20ClN3O2S2/c1-24-14-6-4-13(5-7-14)18-21-22-19(23(18)11-15-3-2-10-25-15)26-12-16-8-9-17(20)27-16/h4-9,15H,2-3,10-12H2,1H3. The summed E-state index contributed by atoms with van der Waals surface area (Å²) in [5.74, 6) is 2.51. The highest BCUT2D eigenvalue weighted by Crippen LogP contribution is 2.31. The van der Waals surface area contributed by atoms with Crippen molar-refractivity contribution in [1.82, 2.24) is 14.8 Å². The molecular weight excluding hydrogens is 402 g/mol. The largest absolute Gasteiger partial charge is 0.497 e. The van der Waals surface area contributed by atoms with Crippen molar-refractivity contribution in [1.29, 1.82) is 0 Å². The fourth-order valence-electron chi connectivity index (χ4n) is 3.07. The summed E-state index contributed by atoms with van der Waals surface area (Å²) in [6, 6.07) is 11.9. The first kappa shape index (κ1) is 18.8. The van der Waals surface area contributed by atoms with Crippen LogP contribution in [-0.2, 0) is 17.0 Å². The van der Waals surface area contributed by atoms with Crippen molar-refractivity contribution >= 4 is 34.7 Å². The molecule has 5 nitrogen and oxygen atoms in total. The highest BCUT2D eigenvalue weighted by atomic mass is 35.5. The molecule has 1 atom stereocenters. The average molecular weight is 422 g/mol. The predicted octanol–water partition coefficient (Wildman–Crippen LogP) is 5.14. The van der Waals surface area contributed by atoms with Gasteiger partial charge in [-0.1, -0.05) is 23.4 Å². The number of rotatable bonds is 7. The van der Waals surface area contributed by atoms with Crippen LogP contribution in [0.2, 0.25) is 4.34 Å². The summed E-state index contributed by atoms with van der Waals surface area (Å²) < 4.78 is 14.1. The van der Waals surface area contributed by atoms with E-state index in [1.54, 1.807) is 30.2 Å². The molecular formula is C19H20ClN3O2S2. The monoisotopic (exact) mass is 421 g/mol. The molecule has 3 aromatic rings. The zero-order chi connectivity index (χ0) is 18.6. The molecule has 0 bridgehead atoms. The van der Waals surface area contributed by atoms with Crippen LogP contribution in [0.15, 0.2) is 41.6 Å². The second-order valence-electron chi connectivity index (χ2n) is 6.27. The number of thiophene rings is 1. The number of hydrogen-bond donors (Lipinski definition) is 0. The third kappa shape index (κ3) is 4.48. The van der Waals surface area contributed by atoms with Crippen molar-refractivity contribution in [2.45, 2.75) is 36.4 Å². The maximum absolute atomic E-state index is 6.04.